The van der Waals surface area contributed by atoms with Gasteiger partial charge in [-0.2, -0.15) is 0 Å². The van der Waals surface area contributed by atoms with Gasteiger partial charge in [0.2, 0.25) is 0 Å². The van der Waals surface area contributed by atoms with Crippen LogP contribution in [-0.2, 0) is 0 Å². The number of rotatable bonds is 5. The van der Waals surface area contributed by atoms with Crippen molar-refractivity contribution < 1.29 is 9.90 Å². The average molecular weight is 285 g/mol. The van der Waals surface area contributed by atoms with Crippen LogP contribution >= 0.6 is 0 Å². The van der Waals surface area contributed by atoms with Gasteiger partial charge in [0.25, 0.3) is 5.91 Å². The molecule has 2 aromatic rings. The molecule has 2 aromatic carbocycles. The van der Waals surface area contributed by atoms with Crippen LogP contribution in [-0.4, -0.2) is 24.7 Å². The molecule has 1 unspecified atom stereocenters. The fourth-order valence-electron chi connectivity index (χ4n) is 2.09. The third kappa shape index (κ3) is 3.52. The lowest BCUT2D eigenvalue weighted by atomic mass is 10.1. The van der Waals surface area contributed by atoms with E-state index in [1.807, 2.05) is 30.3 Å². The standard InChI is InChI=1S/C16H19N3O2/c1-18-16(21)12-7-8-14(13(17)9-12)19-15(10-20)11-5-3-2-4-6-11/h2-9,15,19-20H,10,17H2,1H3,(H,18,21). The van der Waals surface area contributed by atoms with Crippen molar-refractivity contribution in [3.8, 4) is 0 Å². The van der Waals surface area contributed by atoms with Gasteiger partial charge in [0.15, 0.2) is 0 Å². The molecule has 0 aromatic heterocycles. The summed E-state index contributed by atoms with van der Waals surface area (Å²) in [6.07, 6.45) is 0. The number of hydrogen-bond acceptors (Lipinski definition) is 4. The van der Waals surface area contributed by atoms with E-state index >= 15 is 0 Å². The second kappa shape index (κ2) is 6.76. The minimum Gasteiger partial charge on any atom is -0.397 e. The predicted octanol–water partition coefficient (Wildman–Crippen LogP) is 1.77. The molecule has 0 bridgehead atoms. The molecule has 0 aliphatic rings. The zero-order valence-corrected chi connectivity index (χ0v) is 11.8. The molecular formula is C16H19N3O2. The zero-order chi connectivity index (χ0) is 15.2. The first-order chi connectivity index (χ1) is 10.2. The molecule has 5 heteroatoms. The highest BCUT2D eigenvalue weighted by Gasteiger charge is 2.12. The molecule has 5 N–H and O–H groups in total. The first kappa shape index (κ1) is 14.9. The van der Waals surface area contributed by atoms with E-state index in [1.165, 1.54) is 0 Å². The fraction of sp³-hybridized carbons (Fsp3) is 0.188. The average Bonchev–Trinajstić information content (AvgIpc) is 2.53. The molecule has 110 valence electrons. The summed E-state index contributed by atoms with van der Waals surface area (Å²) in [6.45, 7) is -0.0549. The lowest BCUT2D eigenvalue weighted by molar-refractivity contribution is 0.0963. The summed E-state index contributed by atoms with van der Waals surface area (Å²) >= 11 is 0. The first-order valence-electron chi connectivity index (χ1n) is 6.69. The third-order valence-electron chi connectivity index (χ3n) is 3.26. The zero-order valence-electron chi connectivity index (χ0n) is 11.8. The molecule has 1 atom stereocenters. The molecule has 0 radical (unpaired) electrons. The Labute approximate surface area is 123 Å². The molecule has 0 aliphatic carbocycles. The topological polar surface area (TPSA) is 87.4 Å². The number of carbonyl (C=O) groups is 1. The SMILES string of the molecule is CNC(=O)c1ccc(NC(CO)c2ccccc2)c(N)c1. The Morgan fingerprint density at radius 3 is 2.52 bits per heavy atom. The van der Waals surface area contributed by atoms with Gasteiger partial charge in [-0.3, -0.25) is 4.79 Å². The molecule has 0 saturated carbocycles. The maximum absolute atomic E-state index is 11.5. The van der Waals surface area contributed by atoms with Crippen molar-refractivity contribution in [3.05, 3.63) is 59.7 Å². The summed E-state index contributed by atoms with van der Waals surface area (Å²) in [6, 6.07) is 14.4. The number of hydrogen-bond donors (Lipinski definition) is 4. The Kier molecular flexibility index (Phi) is 4.79. The van der Waals surface area contributed by atoms with Gasteiger partial charge in [0.05, 0.1) is 24.0 Å². The lowest BCUT2D eigenvalue weighted by Crippen LogP contribution is -2.19. The second-order valence-corrected chi connectivity index (χ2v) is 4.67. The number of aliphatic hydroxyl groups is 1. The van der Waals surface area contributed by atoms with E-state index in [9.17, 15) is 9.90 Å². The van der Waals surface area contributed by atoms with Crippen LogP contribution in [0.2, 0.25) is 0 Å². The Balaban J connectivity index is 2.20. The quantitative estimate of drug-likeness (QED) is 0.631. The van der Waals surface area contributed by atoms with Gasteiger partial charge in [-0.1, -0.05) is 30.3 Å². The molecule has 0 spiro atoms. The monoisotopic (exact) mass is 285 g/mol. The Hall–Kier alpha value is -2.53. The van der Waals surface area contributed by atoms with Crippen LogP contribution in [0.15, 0.2) is 48.5 Å². The van der Waals surface area contributed by atoms with Crippen LogP contribution in [0.4, 0.5) is 11.4 Å². The Bertz CT molecular complexity index is 614. The predicted molar refractivity (Wildman–Crippen MR) is 84.1 cm³/mol. The molecule has 2 rings (SSSR count). The minimum absolute atomic E-state index is 0.0549. The summed E-state index contributed by atoms with van der Waals surface area (Å²) in [5.41, 5.74) is 8.59. The van der Waals surface area contributed by atoms with E-state index < -0.39 is 0 Å². The summed E-state index contributed by atoms with van der Waals surface area (Å²) in [4.78, 5) is 11.5. The molecule has 21 heavy (non-hydrogen) atoms. The van der Waals surface area contributed by atoms with Gasteiger partial charge in [-0.05, 0) is 23.8 Å². The van der Waals surface area contributed by atoms with E-state index in [0.29, 0.717) is 16.9 Å². The van der Waals surface area contributed by atoms with Gasteiger partial charge in [-0.25, -0.2) is 0 Å². The van der Waals surface area contributed by atoms with Crippen molar-refractivity contribution in [2.45, 2.75) is 6.04 Å². The summed E-state index contributed by atoms with van der Waals surface area (Å²) in [7, 11) is 1.57. The normalized spacial score (nSPS) is 11.7. The number of benzene rings is 2. The molecule has 5 nitrogen and oxygen atoms in total. The minimum atomic E-state index is -0.251. The highest BCUT2D eigenvalue weighted by molar-refractivity contribution is 5.95. The van der Waals surface area contributed by atoms with Gasteiger partial charge in [0, 0.05) is 12.6 Å². The van der Waals surface area contributed by atoms with Crippen molar-refractivity contribution in [1.82, 2.24) is 5.32 Å². The number of nitrogens with two attached hydrogens (primary N) is 1. The van der Waals surface area contributed by atoms with E-state index in [2.05, 4.69) is 10.6 Å². The van der Waals surface area contributed by atoms with Crippen molar-refractivity contribution in [2.75, 3.05) is 24.7 Å². The number of nitrogens with one attached hydrogen (secondary N) is 2. The van der Waals surface area contributed by atoms with Crippen molar-refractivity contribution in [1.29, 1.82) is 0 Å². The number of carbonyl (C=O) groups excluding carboxylic acids is 1. The van der Waals surface area contributed by atoms with E-state index in [1.54, 1.807) is 25.2 Å². The molecule has 0 heterocycles. The highest BCUT2D eigenvalue weighted by atomic mass is 16.3. The van der Waals surface area contributed by atoms with Crippen molar-refractivity contribution >= 4 is 17.3 Å². The van der Waals surface area contributed by atoms with Crippen LogP contribution in [0, 0.1) is 0 Å². The lowest BCUT2D eigenvalue weighted by Gasteiger charge is -2.19. The molecule has 0 aliphatic heterocycles. The number of amides is 1. The number of aliphatic hydroxyl groups excluding tert-OH is 1. The maximum Gasteiger partial charge on any atom is 0.251 e. The molecule has 1 amide bonds. The molecule has 0 saturated heterocycles. The largest absolute Gasteiger partial charge is 0.397 e. The Morgan fingerprint density at radius 2 is 1.95 bits per heavy atom. The summed E-state index contributed by atoms with van der Waals surface area (Å²) in [5.74, 6) is -0.185. The van der Waals surface area contributed by atoms with Gasteiger partial charge in [-0.15, -0.1) is 0 Å². The van der Waals surface area contributed by atoms with Crippen LogP contribution in [0.25, 0.3) is 0 Å². The highest BCUT2D eigenvalue weighted by Crippen LogP contribution is 2.25. The maximum atomic E-state index is 11.5. The van der Waals surface area contributed by atoms with Crippen LogP contribution in [0.1, 0.15) is 22.0 Å². The molecular weight excluding hydrogens is 266 g/mol. The fourth-order valence-corrected chi connectivity index (χ4v) is 2.09. The van der Waals surface area contributed by atoms with Crippen molar-refractivity contribution in [2.24, 2.45) is 0 Å². The van der Waals surface area contributed by atoms with Crippen LogP contribution in [0.3, 0.4) is 0 Å². The van der Waals surface area contributed by atoms with Crippen molar-refractivity contribution in [3.63, 3.8) is 0 Å². The first-order valence-corrected chi connectivity index (χ1v) is 6.69. The number of anilines is 2. The van der Waals surface area contributed by atoms with Gasteiger partial charge < -0.3 is 21.5 Å². The number of nitrogen functional groups attached to an aromatic ring is 1. The second-order valence-electron chi connectivity index (χ2n) is 4.67. The van der Waals surface area contributed by atoms with E-state index in [-0.39, 0.29) is 18.6 Å². The molecule has 0 fully saturated rings. The van der Waals surface area contributed by atoms with Gasteiger partial charge in [0.1, 0.15) is 0 Å². The summed E-state index contributed by atoms with van der Waals surface area (Å²) in [5, 5.41) is 15.3. The third-order valence-corrected chi connectivity index (χ3v) is 3.26. The van der Waals surface area contributed by atoms with Crippen LogP contribution < -0.4 is 16.4 Å². The van der Waals surface area contributed by atoms with E-state index in [4.69, 9.17) is 5.73 Å². The van der Waals surface area contributed by atoms with Gasteiger partial charge >= 0.3 is 0 Å². The van der Waals surface area contributed by atoms with E-state index in [0.717, 1.165) is 5.56 Å². The van der Waals surface area contributed by atoms with Crippen LogP contribution in [0.5, 0.6) is 0 Å². The Morgan fingerprint density at radius 1 is 1.24 bits per heavy atom. The smallest absolute Gasteiger partial charge is 0.251 e. The summed E-state index contributed by atoms with van der Waals surface area (Å²) < 4.78 is 0.